The van der Waals surface area contributed by atoms with Crippen molar-refractivity contribution in [1.29, 1.82) is 0 Å². The van der Waals surface area contributed by atoms with Crippen molar-refractivity contribution in [2.75, 3.05) is 6.61 Å². The summed E-state index contributed by atoms with van der Waals surface area (Å²) in [5.74, 6) is -2.87. The van der Waals surface area contributed by atoms with Gasteiger partial charge in [0.15, 0.2) is 24.6 Å². The number of hydrogen-bond acceptors (Lipinski definition) is 10. The maximum atomic E-state index is 11.3. The predicted molar refractivity (Wildman–Crippen MR) is 74.2 cm³/mol. The molecule has 0 amide bonds. The van der Waals surface area contributed by atoms with Gasteiger partial charge < -0.3 is 28.8 Å². The Hall–Kier alpha value is -2.20. The zero-order valence-corrected chi connectivity index (χ0v) is 13.7. The first-order valence-electron chi connectivity index (χ1n) is 7.10. The van der Waals surface area contributed by atoms with Gasteiger partial charge in [0.2, 0.25) is 0 Å². The SMILES string of the molecule is CC(=O)OC[C@H]1OC(O)[C@H](OC(C)=O)[C@H](OC(C)=O)C1OC(C)=O. The van der Waals surface area contributed by atoms with E-state index in [1.807, 2.05) is 0 Å². The van der Waals surface area contributed by atoms with Gasteiger partial charge in [0.25, 0.3) is 0 Å². The van der Waals surface area contributed by atoms with Gasteiger partial charge in [-0.25, -0.2) is 0 Å². The molecule has 2 unspecified atom stereocenters. The van der Waals surface area contributed by atoms with E-state index in [0.29, 0.717) is 0 Å². The lowest BCUT2D eigenvalue weighted by Gasteiger charge is -2.42. The molecule has 24 heavy (non-hydrogen) atoms. The maximum absolute atomic E-state index is 11.3. The Morgan fingerprint density at radius 1 is 0.792 bits per heavy atom. The van der Waals surface area contributed by atoms with Gasteiger partial charge in [-0.05, 0) is 0 Å². The molecule has 5 atom stereocenters. The molecule has 10 nitrogen and oxygen atoms in total. The van der Waals surface area contributed by atoms with Crippen molar-refractivity contribution < 1.29 is 48.0 Å². The summed E-state index contributed by atoms with van der Waals surface area (Å²) in [5.41, 5.74) is 0. The molecule has 0 aromatic carbocycles. The summed E-state index contributed by atoms with van der Waals surface area (Å²) in [4.78, 5) is 44.9. The zero-order chi connectivity index (χ0) is 18.4. The third-order valence-electron chi connectivity index (χ3n) is 2.97. The fourth-order valence-corrected chi connectivity index (χ4v) is 2.21. The number of ether oxygens (including phenoxy) is 5. The van der Waals surface area contributed by atoms with Gasteiger partial charge in [0.1, 0.15) is 12.7 Å². The lowest BCUT2D eigenvalue weighted by atomic mass is 9.98. The van der Waals surface area contributed by atoms with Crippen molar-refractivity contribution in [3.63, 3.8) is 0 Å². The fourth-order valence-electron chi connectivity index (χ4n) is 2.21. The van der Waals surface area contributed by atoms with Crippen LogP contribution in [0.4, 0.5) is 0 Å². The third kappa shape index (κ3) is 5.78. The smallest absolute Gasteiger partial charge is 0.303 e. The van der Waals surface area contributed by atoms with E-state index in [9.17, 15) is 24.3 Å². The van der Waals surface area contributed by atoms with Crippen LogP contribution in [0.3, 0.4) is 0 Å². The number of hydrogen-bond donors (Lipinski definition) is 1. The topological polar surface area (TPSA) is 135 Å². The van der Waals surface area contributed by atoms with Gasteiger partial charge in [0, 0.05) is 27.7 Å². The van der Waals surface area contributed by atoms with E-state index >= 15 is 0 Å². The van der Waals surface area contributed by atoms with Gasteiger partial charge in [-0.3, -0.25) is 19.2 Å². The molecule has 1 saturated heterocycles. The molecule has 1 rings (SSSR count). The van der Waals surface area contributed by atoms with Crippen LogP contribution in [0.15, 0.2) is 0 Å². The highest BCUT2D eigenvalue weighted by Gasteiger charge is 2.51. The van der Waals surface area contributed by atoms with Crippen LogP contribution < -0.4 is 0 Å². The Kier molecular flexibility index (Phi) is 7.11. The van der Waals surface area contributed by atoms with Crippen molar-refractivity contribution in [2.24, 2.45) is 0 Å². The zero-order valence-electron chi connectivity index (χ0n) is 13.7. The van der Waals surface area contributed by atoms with Gasteiger partial charge in [-0.1, -0.05) is 0 Å². The summed E-state index contributed by atoms with van der Waals surface area (Å²) in [6, 6.07) is 0. The normalized spacial score (nSPS) is 29.3. The van der Waals surface area contributed by atoms with Gasteiger partial charge in [0.05, 0.1) is 0 Å². The molecule has 1 aliphatic heterocycles. The number of carbonyl (C=O) groups excluding carboxylic acids is 4. The van der Waals surface area contributed by atoms with Crippen LogP contribution in [0.25, 0.3) is 0 Å². The maximum Gasteiger partial charge on any atom is 0.303 e. The van der Waals surface area contributed by atoms with E-state index in [1.54, 1.807) is 0 Å². The number of rotatable bonds is 5. The molecule has 10 heteroatoms. The van der Waals surface area contributed by atoms with E-state index in [2.05, 4.69) is 0 Å². The first-order valence-corrected chi connectivity index (χ1v) is 7.10. The number of esters is 4. The minimum atomic E-state index is -1.68. The molecular formula is C14H20O10. The molecule has 1 N–H and O–H groups in total. The summed E-state index contributed by atoms with van der Waals surface area (Å²) < 4.78 is 25.0. The monoisotopic (exact) mass is 348 g/mol. The van der Waals surface area contributed by atoms with Crippen LogP contribution >= 0.6 is 0 Å². The summed E-state index contributed by atoms with van der Waals surface area (Å²) >= 11 is 0. The minimum Gasteiger partial charge on any atom is -0.463 e. The Labute approximate surface area is 137 Å². The molecule has 1 fully saturated rings. The van der Waals surface area contributed by atoms with E-state index < -0.39 is 54.6 Å². The second-order valence-corrected chi connectivity index (χ2v) is 5.09. The van der Waals surface area contributed by atoms with Crippen molar-refractivity contribution in [3.8, 4) is 0 Å². The third-order valence-corrected chi connectivity index (χ3v) is 2.97. The minimum absolute atomic E-state index is 0.366. The fraction of sp³-hybridized carbons (Fsp3) is 0.714. The number of carbonyl (C=O) groups is 4. The Bertz CT molecular complexity index is 502. The largest absolute Gasteiger partial charge is 0.463 e. The molecule has 0 saturated carbocycles. The van der Waals surface area contributed by atoms with Gasteiger partial charge in [-0.2, -0.15) is 0 Å². The first-order chi connectivity index (χ1) is 11.1. The second kappa shape index (κ2) is 8.60. The Morgan fingerprint density at radius 3 is 1.71 bits per heavy atom. The predicted octanol–water partition coefficient (Wildman–Crippen LogP) is -0.938. The van der Waals surface area contributed by atoms with E-state index in [4.69, 9.17) is 23.7 Å². The highest BCUT2D eigenvalue weighted by Crippen LogP contribution is 2.28. The lowest BCUT2D eigenvalue weighted by molar-refractivity contribution is -0.296. The summed E-state index contributed by atoms with van der Waals surface area (Å²) in [6.07, 6.45) is -6.79. The highest BCUT2D eigenvalue weighted by molar-refractivity contribution is 5.68. The van der Waals surface area contributed by atoms with Crippen molar-refractivity contribution in [2.45, 2.75) is 58.4 Å². The second-order valence-electron chi connectivity index (χ2n) is 5.09. The lowest BCUT2D eigenvalue weighted by Crippen LogP contribution is -2.62. The molecule has 1 aliphatic rings. The summed E-state index contributed by atoms with van der Waals surface area (Å²) in [7, 11) is 0. The molecule has 1 heterocycles. The van der Waals surface area contributed by atoms with E-state index in [0.717, 1.165) is 27.7 Å². The first kappa shape index (κ1) is 19.8. The van der Waals surface area contributed by atoms with E-state index in [1.165, 1.54) is 0 Å². The standard InChI is InChI=1S/C14H20O10/c1-6(15)20-5-10-11(21-7(2)16)12(22-8(3)17)13(14(19)24-10)23-9(4)18/h10-14,19H,5H2,1-4H3/t10-,11?,12-,13-,14?/m1/s1. The summed E-state index contributed by atoms with van der Waals surface area (Å²) in [5, 5.41) is 10.0. The van der Waals surface area contributed by atoms with Crippen LogP contribution in [0.2, 0.25) is 0 Å². The molecule has 0 spiro atoms. The van der Waals surface area contributed by atoms with E-state index in [-0.39, 0.29) is 6.61 Å². The molecule has 0 bridgehead atoms. The molecule has 0 aliphatic carbocycles. The van der Waals surface area contributed by atoms with Gasteiger partial charge >= 0.3 is 23.9 Å². The highest BCUT2D eigenvalue weighted by atomic mass is 16.7. The van der Waals surface area contributed by atoms with Crippen molar-refractivity contribution in [1.82, 2.24) is 0 Å². The molecular weight excluding hydrogens is 328 g/mol. The molecule has 0 radical (unpaired) electrons. The molecule has 136 valence electrons. The van der Waals surface area contributed by atoms with Crippen LogP contribution in [0.1, 0.15) is 27.7 Å². The summed E-state index contributed by atoms with van der Waals surface area (Å²) in [6.45, 7) is 4.09. The van der Waals surface area contributed by atoms with Crippen LogP contribution in [0, 0.1) is 0 Å². The van der Waals surface area contributed by atoms with Crippen molar-refractivity contribution >= 4 is 23.9 Å². The average Bonchev–Trinajstić information content (AvgIpc) is 2.42. The van der Waals surface area contributed by atoms with Crippen LogP contribution in [-0.2, 0) is 42.9 Å². The Balaban J connectivity index is 3.11. The van der Waals surface area contributed by atoms with Crippen molar-refractivity contribution in [3.05, 3.63) is 0 Å². The average molecular weight is 348 g/mol. The quantitative estimate of drug-likeness (QED) is 0.490. The number of aliphatic hydroxyl groups excluding tert-OH is 1. The van der Waals surface area contributed by atoms with Crippen LogP contribution in [0.5, 0.6) is 0 Å². The van der Waals surface area contributed by atoms with Crippen LogP contribution in [-0.4, -0.2) is 66.3 Å². The molecule has 0 aromatic heterocycles. The Morgan fingerprint density at radius 2 is 1.25 bits per heavy atom. The van der Waals surface area contributed by atoms with Gasteiger partial charge in [-0.15, -0.1) is 0 Å². The molecule has 0 aromatic rings. The number of aliphatic hydroxyl groups is 1.